The molecule has 0 radical (unpaired) electrons. The van der Waals surface area contributed by atoms with Crippen LogP contribution in [-0.4, -0.2) is 54.2 Å². The van der Waals surface area contributed by atoms with E-state index in [9.17, 15) is 0 Å². The summed E-state index contributed by atoms with van der Waals surface area (Å²) in [6.45, 7) is 0. The SMILES string of the molecule is Bc1c(B)c(B)c(-c2ccc(-c3ccc4oc5c(-c6nc(-c7ccccc7)nc(-c7cccc8oc9ccccc9c78)n6)cccc5c4c3)cc2)c(B)c1B. The average molecular weight is 701 g/mol. The van der Waals surface area contributed by atoms with Crippen LogP contribution in [0.15, 0.2) is 142 Å². The Hall–Kier alpha value is -6.53. The maximum atomic E-state index is 6.66. The summed E-state index contributed by atoms with van der Waals surface area (Å²) in [5.41, 5.74) is 17.4. The highest BCUT2D eigenvalue weighted by Crippen LogP contribution is 2.39. The first-order valence-corrected chi connectivity index (χ1v) is 18.7. The molecule has 0 saturated carbocycles. The summed E-state index contributed by atoms with van der Waals surface area (Å²) in [7, 11) is 11.2. The van der Waals surface area contributed by atoms with Crippen molar-refractivity contribution in [2.45, 2.75) is 0 Å². The van der Waals surface area contributed by atoms with Gasteiger partial charge < -0.3 is 8.83 Å². The second kappa shape index (κ2) is 12.8. The first-order valence-electron chi connectivity index (χ1n) is 18.7. The summed E-state index contributed by atoms with van der Waals surface area (Å²) >= 11 is 0. The van der Waals surface area contributed by atoms with E-state index in [1.807, 2.05) is 66.7 Å². The molecule has 10 heteroatoms. The lowest BCUT2D eigenvalue weighted by molar-refractivity contribution is 0.668. The van der Waals surface area contributed by atoms with Gasteiger partial charge in [0.05, 0.1) is 5.56 Å². The highest BCUT2D eigenvalue weighted by Gasteiger charge is 2.21. The van der Waals surface area contributed by atoms with Crippen molar-refractivity contribution in [2.24, 2.45) is 0 Å². The first kappa shape index (κ1) is 33.1. The number of furan rings is 2. The number of rotatable bonds is 5. The molecule has 0 spiro atoms. The molecule has 0 fully saturated rings. The van der Waals surface area contributed by atoms with Crippen LogP contribution in [0.2, 0.25) is 0 Å². The number of fused-ring (bicyclic) bond motifs is 6. The van der Waals surface area contributed by atoms with Crippen molar-refractivity contribution < 1.29 is 8.83 Å². The minimum Gasteiger partial charge on any atom is -0.456 e. The fraction of sp³-hybridized carbons (Fsp3) is 0. The van der Waals surface area contributed by atoms with Crippen LogP contribution in [-0.2, 0) is 0 Å². The van der Waals surface area contributed by atoms with E-state index in [1.54, 1.807) is 0 Å². The van der Waals surface area contributed by atoms with Gasteiger partial charge in [-0.05, 0) is 52.6 Å². The van der Waals surface area contributed by atoms with Gasteiger partial charge in [-0.15, -0.1) is 16.4 Å². The van der Waals surface area contributed by atoms with Gasteiger partial charge in [-0.1, -0.05) is 114 Å². The van der Waals surface area contributed by atoms with Crippen LogP contribution >= 0.6 is 0 Å². The third kappa shape index (κ3) is 5.35. The average Bonchev–Trinajstić information content (AvgIpc) is 3.81. The van der Waals surface area contributed by atoms with Gasteiger partial charge >= 0.3 is 0 Å². The number of hydrogen-bond acceptors (Lipinski definition) is 5. The van der Waals surface area contributed by atoms with Crippen molar-refractivity contribution in [2.75, 3.05) is 0 Å². The highest BCUT2D eigenvalue weighted by atomic mass is 16.3. The summed E-state index contributed by atoms with van der Waals surface area (Å²) in [5.74, 6) is 1.70. The van der Waals surface area contributed by atoms with Crippen LogP contribution in [0.25, 0.3) is 100 Å². The molecule has 0 saturated heterocycles. The monoisotopic (exact) mass is 701 g/mol. The molecule has 55 heavy (non-hydrogen) atoms. The zero-order valence-electron chi connectivity index (χ0n) is 31.4. The molecular formula is C45H32B5N3O2. The molecule has 0 aliphatic rings. The van der Waals surface area contributed by atoms with E-state index in [0.29, 0.717) is 17.5 Å². The number of aromatic nitrogens is 3. The van der Waals surface area contributed by atoms with E-state index in [2.05, 4.69) is 106 Å². The van der Waals surface area contributed by atoms with Crippen LogP contribution in [0.5, 0.6) is 0 Å². The second-order valence-electron chi connectivity index (χ2n) is 14.5. The van der Waals surface area contributed by atoms with E-state index in [1.165, 1.54) is 38.4 Å². The van der Waals surface area contributed by atoms with Crippen molar-refractivity contribution in [3.8, 4) is 56.4 Å². The Labute approximate surface area is 322 Å². The fourth-order valence-electron chi connectivity index (χ4n) is 8.21. The van der Waals surface area contributed by atoms with E-state index >= 15 is 0 Å². The van der Waals surface area contributed by atoms with Gasteiger partial charge in [0.25, 0.3) is 0 Å². The van der Waals surface area contributed by atoms with Crippen LogP contribution in [0.4, 0.5) is 0 Å². The Bertz CT molecular complexity index is 3130. The van der Waals surface area contributed by atoms with Gasteiger partial charge in [-0.25, -0.2) is 15.0 Å². The molecule has 254 valence electrons. The Morgan fingerprint density at radius 3 is 1.71 bits per heavy atom. The molecule has 10 aromatic rings. The Balaban J connectivity index is 1.10. The van der Waals surface area contributed by atoms with Gasteiger partial charge in [0.15, 0.2) is 17.5 Å². The first-order chi connectivity index (χ1) is 26.8. The molecule has 0 atom stereocenters. The Morgan fingerprint density at radius 2 is 0.927 bits per heavy atom. The molecule has 3 heterocycles. The number of hydrogen-bond donors (Lipinski definition) is 0. The molecule has 5 nitrogen and oxygen atoms in total. The predicted octanol–water partition coefficient (Wildman–Crippen LogP) is 3.30. The standard InChI is InChI=1S/C45H32B5N3O2/c46-37-35(38(47)40(49)41(50)39(37)48)24-18-16-23(17-19-24)26-20-21-33-31(22-26)27-11-6-13-30(42(27)55-33)45-52-43(25-8-2-1-3-9-25)51-44(53-45)29-12-7-15-34-36(29)28-10-4-5-14-32(28)54-34/h1-22H,46-50H2. The van der Waals surface area contributed by atoms with Crippen molar-refractivity contribution >= 4 is 110 Å². The van der Waals surface area contributed by atoms with E-state index in [0.717, 1.165) is 71.7 Å². The Kier molecular flexibility index (Phi) is 7.70. The molecule has 0 amide bonds. The lowest BCUT2D eigenvalue weighted by Gasteiger charge is -2.20. The van der Waals surface area contributed by atoms with Gasteiger partial charge in [0.1, 0.15) is 61.6 Å². The molecule has 0 unspecified atom stereocenters. The van der Waals surface area contributed by atoms with Crippen molar-refractivity contribution in [3.05, 3.63) is 133 Å². The summed E-state index contributed by atoms with van der Waals surface area (Å²) in [6, 6.07) is 45.8. The van der Waals surface area contributed by atoms with E-state index < -0.39 is 0 Å². The van der Waals surface area contributed by atoms with Crippen molar-refractivity contribution in [3.63, 3.8) is 0 Å². The molecule has 0 N–H and O–H groups in total. The van der Waals surface area contributed by atoms with Crippen molar-refractivity contribution in [1.29, 1.82) is 0 Å². The van der Waals surface area contributed by atoms with Gasteiger partial charge in [-0.3, -0.25) is 0 Å². The lowest BCUT2D eigenvalue weighted by atomic mass is 9.59. The summed E-state index contributed by atoms with van der Waals surface area (Å²) in [4.78, 5) is 15.3. The summed E-state index contributed by atoms with van der Waals surface area (Å²) in [5, 5.41) is 4.05. The largest absolute Gasteiger partial charge is 0.456 e. The molecule has 10 rings (SSSR count). The third-order valence-electron chi connectivity index (χ3n) is 11.6. The normalized spacial score (nSPS) is 11.6. The van der Waals surface area contributed by atoms with Crippen LogP contribution < -0.4 is 27.3 Å². The summed E-state index contributed by atoms with van der Waals surface area (Å²) < 4.78 is 12.9. The topological polar surface area (TPSA) is 65.0 Å². The Morgan fingerprint density at radius 1 is 0.364 bits per heavy atom. The van der Waals surface area contributed by atoms with Crippen LogP contribution in [0.1, 0.15) is 0 Å². The van der Waals surface area contributed by atoms with Crippen LogP contribution in [0.3, 0.4) is 0 Å². The molecule has 7 aromatic carbocycles. The zero-order chi connectivity index (χ0) is 37.4. The molecule has 0 bridgehead atoms. The number of para-hydroxylation sites is 2. The quantitative estimate of drug-likeness (QED) is 0.258. The van der Waals surface area contributed by atoms with Crippen LogP contribution in [0, 0.1) is 0 Å². The van der Waals surface area contributed by atoms with Gasteiger partial charge in [0, 0.05) is 32.7 Å². The minimum atomic E-state index is 0.543. The molecule has 0 aliphatic heterocycles. The fourth-order valence-corrected chi connectivity index (χ4v) is 8.21. The third-order valence-corrected chi connectivity index (χ3v) is 11.6. The predicted molar refractivity (Wildman–Crippen MR) is 242 cm³/mol. The smallest absolute Gasteiger partial charge is 0.167 e. The second-order valence-corrected chi connectivity index (χ2v) is 14.5. The number of benzene rings is 7. The van der Waals surface area contributed by atoms with Gasteiger partial charge in [0.2, 0.25) is 0 Å². The zero-order valence-corrected chi connectivity index (χ0v) is 31.4. The maximum Gasteiger partial charge on any atom is 0.167 e. The van der Waals surface area contributed by atoms with Gasteiger partial charge in [-0.2, -0.15) is 0 Å². The molecule has 3 aromatic heterocycles. The number of nitrogens with zero attached hydrogens (tertiary/aromatic N) is 3. The maximum absolute atomic E-state index is 6.66. The van der Waals surface area contributed by atoms with Crippen molar-refractivity contribution in [1.82, 2.24) is 15.0 Å². The van der Waals surface area contributed by atoms with E-state index in [4.69, 9.17) is 23.8 Å². The molecule has 0 aliphatic carbocycles. The lowest BCUT2D eigenvalue weighted by Crippen LogP contribution is -2.55. The molecular weight excluding hydrogens is 669 g/mol. The van der Waals surface area contributed by atoms with E-state index in [-0.39, 0.29) is 0 Å². The summed E-state index contributed by atoms with van der Waals surface area (Å²) in [6.07, 6.45) is 0. The minimum absolute atomic E-state index is 0.543. The highest BCUT2D eigenvalue weighted by molar-refractivity contribution is 6.68.